The molecule has 35 heavy (non-hydrogen) atoms. The molecule has 0 radical (unpaired) electrons. The Labute approximate surface area is 213 Å². The minimum Gasteiger partial charge on any atom is -0.384 e. The van der Waals surface area contributed by atoms with Gasteiger partial charge in [0.25, 0.3) is 0 Å². The van der Waals surface area contributed by atoms with Crippen molar-refractivity contribution in [2.75, 3.05) is 32.8 Å². The molecule has 0 saturated carbocycles. The minimum atomic E-state index is -0.291. The zero-order valence-corrected chi connectivity index (χ0v) is 22.5. The first kappa shape index (κ1) is 30.7. The summed E-state index contributed by atoms with van der Waals surface area (Å²) < 4.78 is 5.42. The number of nitrogens with one attached hydrogen (secondary N) is 2. The first-order valence-corrected chi connectivity index (χ1v) is 13.3. The number of nitrogens with two attached hydrogens (primary N) is 2. The number of allylic oxidation sites excluding steroid dienone is 2. The fourth-order valence-electron chi connectivity index (χ4n) is 4.05. The molecule has 1 heterocycles. The molecule has 6 N–H and O–H groups in total. The van der Waals surface area contributed by atoms with Gasteiger partial charge in [0.15, 0.2) is 0 Å². The van der Waals surface area contributed by atoms with E-state index in [1.807, 2.05) is 6.92 Å². The zero-order chi connectivity index (χ0) is 25.9. The monoisotopic (exact) mass is 490 g/mol. The number of carbonyl (C=O) groups excluding carboxylic acids is 1. The van der Waals surface area contributed by atoms with Crippen LogP contribution in [0.2, 0.25) is 0 Å². The summed E-state index contributed by atoms with van der Waals surface area (Å²) in [5.74, 6) is 0.501. The van der Waals surface area contributed by atoms with Crippen molar-refractivity contribution in [3.63, 3.8) is 0 Å². The summed E-state index contributed by atoms with van der Waals surface area (Å²) in [4.78, 5) is 17.7. The van der Waals surface area contributed by atoms with E-state index >= 15 is 0 Å². The van der Waals surface area contributed by atoms with Crippen molar-refractivity contribution in [3.05, 3.63) is 35.3 Å². The lowest BCUT2D eigenvalue weighted by molar-refractivity contribution is -0.118. The summed E-state index contributed by atoms with van der Waals surface area (Å²) in [5.41, 5.74) is 13.5. The third-order valence-electron chi connectivity index (χ3n) is 5.93. The molecule has 1 aliphatic heterocycles. The second kappa shape index (κ2) is 18.9. The molecular formula is C27H50N6O2. The molecule has 1 aliphatic carbocycles. The van der Waals surface area contributed by atoms with Crippen molar-refractivity contribution in [2.45, 2.75) is 85.3 Å². The van der Waals surface area contributed by atoms with Crippen LogP contribution in [0, 0.1) is 5.92 Å². The molecule has 8 heteroatoms. The molecule has 2 unspecified atom stereocenters. The van der Waals surface area contributed by atoms with Crippen LogP contribution >= 0.6 is 0 Å². The van der Waals surface area contributed by atoms with Gasteiger partial charge in [0.05, 0.1) is 6.34 Å². The van der Waals surface area contributed by atoms with Gasteiger partial charge in [-0.1, -0.05) is 57.8 Å². The highest BCUT2D eigenvalue weighted by atomic mass is 16.5. The van der Waals surface area contributed by atoms with Crippen molar-refractivity contribution in [3.8, 4) is 0 Å². The van der Waals surface area contributed by atoms with Gasteiger partial charge in [0.1, 0.15) is 18.6 Å². The maximum absolute atomic E-state index is 11.2. The summed E-state index contributed by atoms with van der Waals surface area (Å²) in [7, 11) is 0. The van der Waals surface area contributed by atoms with Crippen LogP contribution in [0.5, 0.6) is 0 Å². The number of nitrogens with zero attached hydrogens (tertiary/aromatic N) is 2. The Bertz CT molecular complexity index is 704. The summed E-state index contributed by atoms with van der Waals surface area (Å²) in [6.45, 7) is 13.1. The standard InChI is InChI=1S/C16H27N.C11H23N5O2/c1-3-15-10-14(2)11-16(12-15)13-17-8-6-4-5-7-9-17;1-3-4-5-18-9(2)16-8-14-7-11(17)15-6-10(12)13/h11-12,14H,3-10,13H2,1-2H3;6,8-9H,3-5,7,12-13H2,1-2H3,(H,14,16)(H,15,17). The Morgan fingerprint density at radius 2 is 1.97 bits per heavy atom. The highest BCUT2D eigenvalue weighted by Crippen LogP contribution is 2.25. The van der Waals surface area contributed by atoms with E-state index in [4.69, 9.17) is 16.2 Å². The third-order valence-corrected chi connectivity index (χ3v) is 5.93. The summed E-state index contributed by atoms with van der Waals surface area (Å²) >= 11 is 0. The van der Waals surface area contributed by atoms with Crippen LogP contribution in [0.25, 0.3) is 0 Å². The van der Waals surface area contributed by atoms with E-state index < -0.39 is 0 Å². The molecule has 200 valence electrons. The molecule has 2 aliphatic rings. The highest BCUT2D eigenvalue weighted by molar-refractivity contribution is 5.80. The van der Waals surface area contributed by atoms with Gasteiger partial charge in [0.2, 0.25) is 5.91 Å². The Morgan fingerprint density at radius 3 is 2.60 bits per heavy atom. The average molecular weight is 491 g/mol. The van der Waals surface area contributed by atoms with Crippen LogP contribution in [0.4, 0.5) is 0 Å². The molecular weight excluding hydrogens is 440 g/mol. The SMILES string of the molecule is CCC1=CC(CN2CCCCCC2)=CC(C)C1.CCCCOC(C)NC=NCC(=O)NC=C(N)N. The fourth-order valence-corrected chi connectivity index (χ4v) is 4.05. The molecule has 8 nitrogen and oxygen atoms in total. The van der Waals surface area contributed by atoms with E-state index in [9.17, 15) is 4.79 Å². The lowest BCUT2D eigenvalue weighted by Crippen LogP contribution is -2.29. The van der Waals surface area contributed by atoms with E-state index in [0.717, 1.165) is 18.8 Å². The van der Waals surface area contributed by atoms with E-state index in [1.165, 1.54) is 70.7 Å². The molecule has 0 spiro atoms. The van der Waals surface area contributed by atoms with Crippen LogP contribution in [0.3, 0.4) is 0 Å². The molecule has 0 aromatic heterocycles. The highest BCUT2D eigenvalue weighted by Gasteiger charge is 2.14. The molecule has 2 atom stereocenters. The van der Waals surface area contributed by atoms with Crippen LogP contribution in [0.1, 0.15) is 79.1 Å². The average Bonchev–Trinajstić information content (AvgIpc) is 3.09. The molecule has 1 saturated heterocycles. The lowest BCUT2D eigenvalue weighted by Gasteiger charge is -2.24. The second-order valence-electron chi connectivity index (χ2n) is 9.48. The largest absolute Gasteiger partial charge is 0.384 e. The number of amides is 1. The number of rotatable bonds is 12. The molecule has 2 rings (SSSR count). The fraction of sp³-hybridized carbons (Fsp3) is 0.704. The van der Waals surface area contributed by atoms with Crippen molar-refractivity contribution < 1.29 is 9.53 Å². The van der Waals surface area contributed by atoms with Gasteiger partial charge in [-0.2, -0.15) is 0 Å². The number of hydrogen-bond donors (Lipinski definition) is 4. The van der Waals surface area contributed by atoms with Gasteiger partial charge < -0.3 is 26.8 Å². The van der Waals surface area contributed by atoms with Gasteiger partial charge in [-0.15, -0.1) is 0 Å². The normalized spacial score (nSPS) is 19.5. The maximum Gasteiger partial charge on any atom is 0.245 e. The quantitative estimate of drug-likeness (QED) is 0.143. The first-order chi connectivity index (χ1) is 16.8. The van der Waals surface area contributed by atoms with E-state index in [2.05, 4.69) is 53.4 Å². The zero-order valence-electron chi connectivity index (χ0n) is 22.5. The lowest BCUT2D eigenvalue weighted by atomic mass is 9.90. The minimum absolute atomic E-state index is 0.00153. The number of unbranched alkanes of at least 4 members (excludes halogenated alkanes) is 1. The van der Waals surface area contributed by atoms with Gasteiger partial charge in [-0.25, -0.2) is 0 Å². The third kappa shape index (κ3) is 16.1. The molecule has 0 aromatic rings. The van der Waals surface area contributed by atoms with Gasteiger partial charge in [-0.05, 0) is 63.6 Å². The van der Waals surface area contributed by atoms with Crippen molar-refractivity contribution in [2.24, 2.45) is 22.4 Å². The molecule has 0 bridgehead atoms. The smallest absolute Gasteiger partial charge is 0.245 e. The van der Waals surface area contributed by atoms with Gasteiger partial charge in [-0.3, -0.25) is 14.7 Å². The van der Waals surface area contributed by atoms with Crippen molar-refractivity contribution >= 4 is 12.2 Å². The predicted molar refractivity (Wildman–Crippen MR) is 147 cm³/mol. The van der Waals surface area contributed by atoms with Crippen molar-refractivity contribution in [1.29, 1.82) is 0 Å². The molecule has 0 aromatic carbocycles. The van der Waals surface area contributed by atoms with E-state index in [-0.39, 0.29) is 24.5 Å². The van der Waals surface area contributed by atoms with E-state index in [1.54, 1.807) is 11.1 Å². The Balaban J connectivity index is 0.000000350. The van der Waals surface area contributed by atoms with Crippen LogP contribution < -0.4 is 22.1 Å². The number of carbonyl (C=O) groups is 1. The van der Waals surface area contributed by atoms with Crippen LogP contribution in [0.15, 0.2) is 40.3 Å². The number of likely N-dealkylation sites (tertiary alicyclic amines) is 1. The topological polar surface area (TPSA) is 118 Å². The summed E-state index contributed by atoms with van der Waals surface area (Å²) in [6, 6.07) is 0. The summed E-state index contributed by atoms with van der Waals surface area (Å²) in [6.07, 6.45) is 17.8. The van der Waals surface area contributed by atoms with Crippen LogP contribution in [-0.4, -0.2) is 56.2 Å². The summed E-state index contributed by atoms with van der Waals surface area (Å²) in [5, 5.41) is 5.29. The Morgan fingerprint density at radius 1 is 1.26 bits per heavy atom. The second-order valence-corrected chi connectivity index (χ2v) is 9.48. The number of hydrogen-bond acceptors (Lipinski definition) is 6. The van der Waals surface area contributed by atoms with Gasteiger partial charge in [0, 0.05) is 19.4 Å². The number of ether oxygens (including phenoxy) is 1. The Kier molecular flexibility index (Phi) is 16.6. The van der Waals surface area contributed by atoms with E-state index in [0.29, 0.717) is 6.61 Å². The predicted octanol–water partition coefficient (Wildman–Crippen LogP) is 3.76. The Hall–Kier alpha value is -2.32. The maximum atomic E-state index is 11.2. The number of aliphatic imine (C=N–C) groups is 1. The molecule has 1 fully saturated rings. The first-order valence-electron chi connectivity index (χ1n) is 13.3. The van der Waals surface area contributed by atoms with Crippen molar-refractivity contribution in [1.82, 2.24) is 15.5 Å². The van der Waals surface area contributed by atoms with Gasteiger partial charge >= 0.3 is 0 Å². The van der Waals surface area contributed by atoms with Crippen LogP contribution in [-0.2, 0) is 9.53 Å². The molecule has 1 amide bonds.